The number of halogens is 1. The second-order valence-electron chi connectivity index (χ2n) is 5.71. The highest BCUT2D eigenvalue weighted by molar-refractivity contribution is 9.10. The highest BCUT2D eigenvalue weighted by atomic mass is 79.9. The van der Waals surface area contributed by atoms with Crippen molar-refractivity contribution in [3.8, 4) is 0 Å². The van der Waals surface area contributed by atoms with Crippen LogP contribution in [0.15, 0.2) is 28.7 Å². The lowest BCUT2D eigenvalue weighted by Crippen LogP contribution is -2.37. The lowest BCUT2D eigenvalue weighted by molar-refractivity contribution is 0.102. The van der Waals surface area contributed by atoms with Gasteiger partial charge < -0.3 is 15.0 Å². The summed E-state index contributed by atoms with van der Waals surface area (Å²) < 4.78 is 6.30. The maximum Gasteiger partial charge on any atom is 0.274 e. The zero-order valence-corrected chi connectivity index (χ0v) is 15.3. The van der Waals surface area contributed by atoms with Gasteiger partial charge in [0.2, 0.25) is 5.95 Å². The summed E-state index contributed by atoms with van der Waals surface area (Å²) >= 11 is 3.47. The lowest BCUT2D eigenvalue weighted by atomic mass is 10.2. The fraction of sp³-hybridized carbons (Fsp3) is 0.353. The number of ether oxygens (including phenoxy) is 1. The molecule has 2 aromatic rings. The summed E-state index contributed by atoms with van der Waals surface area (Å²) in [5, 5.41) is 2.88. The van der Waals surface area contributed by atoms with Crippen molar-refractivity contribution in [1.82, 2.24) is 9.97 Å². The second kappa shape index (κ2) is 7.27. The number of hydrogen-bond donors (Lipinski definition) is 1. The molecule has 0 bridgehead atoms. The van der Waals surface area contributed by atoms with E-state index in [2.05, 4.69) is 31.2 Å². The Morgan fingerprint density at radius 3 is 2.67 bits per heavy atom. The number of carbonyl (C=O) groups is 1. The number of rotatable bonds is 3. The molecule has 1 aliphatic heterocycles. The van der Waals surface area contributed by atoms with Crippen LogP contribution in [0.5, 0.6) is 0 Å². The van der Waals surface area contributed by atoms with E-state index in [1.807, 2.05) is 36.9 Å². The molecule has 1 aromatic carbocycles. The molecule has 24 heavy (non-hydrogen) atoms. The van der Waals surface area contributed by atoms with E-state index < -0.39 is 0 Å². The number of nitrogens with one attached hydrogen (secondary N) is 1. The van der Waals surface area contributed by atoms with Gasteiger partial charge in [0, 0.05) is 28.9 Å². The van der Waals surface area contributed by atoms with Gasteiger partial charge >= 0.3 is 0 Å². The lowest BCUT2D eigenvalue weighted by Gasteiger charge is -2.27. The van der Waals surface area contributed by atoms with Crippen molar-refractivity contribution in [2.24, 2.45) is 0 Å². The highest BCUT2D eigenvalue weighted by Gasteiger charge is 2.17. The number of benzene rings is 1. The summed E-state index contributed by atoms with van der Waals surface area (Å²) in [7, 11) is 0. The summed E-state index contributed by atoms with van der Waals surface area (Å²) in [5.74, 6) is 0.333. The molecule has 0 radical (unpaired) electrons. The molecule has 7 heteroatoms. The third-order valence-corrected chi connectivity index (χ3v) is 4.65. The maximum atomic E-state index is 12.5. The molecule has 0 saturated carbocycles. The first kappa shape index (κ1) is 16.9. The van der Waals surface area contributed by atoms with Gasteiger partial charge in [-0.25, -0.2) is 9.97 Å². The smallest absolute Gasteiger partial charge is 0.274 e. The van der Waals surface area contributed by atoms with Crippen LogP contribution in [0, 0.1) is 13.8 Å². The van der Waals surface area contributed by atoms with Crippen molar-refractivity contribution in [3.63, 3.8) is 0 Å². The summed E-state index contributed by atoms with van der Waals surface area (Å²) in [4.78, 5) is 23.4. The van der Waals surface area contributed by atoms with Crippen LogP contribution in [0.4, 0.5) is 11.6 Å². The summed E-state index contributed by atoms with van der Waals surface area (Å²) in [6.07, 6.45) is 0. The van der Waals surface area contributed by atoms with E-state index in [0.29, 0.717) is 24.9 Å². The van der Waals surface area contributed by atoms with Crippen LogP contribution in [0.1, 0.15) is 21.7 Å². The number of nitrogens with zero attached hydrogens (tertiary/aromatic N) is 3. The highest BCUT2D eigenvalue weighted by Crippen LogP contribution is 2.21. The third-order valence-electron chi connectivity index (χ3n) is 3.80. The van der Waals surface area contributed by atoms with Crippen LogP contribution in [-0.2, 0) is 4.74 Å². The van der Waals surface area contributed by atoms with Crippen LogP contribution in [0.3, 0.4) is 0 Å². The molecule has 1 saturated heterocycles. The molecule has 1 fully saturated rings. The molecule has 0 spiro atoms. The summed E-state index contributed by atoms with van der Waals surface area (Å²) in [5.41, 5.74) is 2.96. The van der Waals surface area contributed by atoms with Crippen LogP contribution in [-0.4, -0.2) is 42.2 Å². The average molecular weight is 391 g/mol. The van der Waals surface area contributed by atoms with Crippen molar-refractivity contribution < 1.29 is 9.53 Å². The minimum atomic E-state index is -0.245. The molecule has 2 heterocycles. The predicted molar refractivity (Wildman–Crippen MR) is 96.6 cm³/mol. The maximum absolute atomic E-state index is 12.5. The van der Waals surface area contributed by atoms with Crippen LogP contribution < -0.4 is 10.2 Å². The first-order chi connectivity index (χ1) is 11.5. The molecular formula is C17H19BrN4O2. The van der Waals surface area contributed by atoms with Crippen molar-refractivity contribution in [2.45, 2.75) is 13.8 Å². The quantitative estimate of drug-likeness (QED) is 0.872. The van der Waals surface area contributed by atoms with Gasteiger partial charge in [-0.15, -0.1) is 0 Å². The average Bonchev–Trinajstić information content (AvgIpc) is 2.58. The fourth-order valence-electron chi connectivity index (χ4n) is 2.44. The van der Waals surface area contributed by atoms with E-state index in [1.165, 1.54) is 0 Å². The van der Waals surface area contributed by atoms with Gasteiger partial charge in [-0.2, -0.15) is 0 Å². The van der Waals surface area contributed by atoms with Crippen molar-refractivity contribution in [1.29, 1.82) is 0 Å². The number of aryl methyl sites for hydroxylation is 2. The van der Waals surface area contributed by atoms with Crippen molar-refractivity contribution >= 4 is 33.5 Å². The molecule has 1 aromatic heterocycles. The molecule has 1 N–H and O–H groups in total. The second-order valence-corrected chi connectivity index (χ2v) is 6.57. The molecule has 6 nitrogen and oxygen atoms in total. The zero-order chi connectivity index (χ0) is 17.1. The Morgan fingerprint density at radius 2 is 1.96 bits per heavy atom. The fourth-order valence-corrected chi connectivity index (χ4v) is 2.82. The van der Waals surface area contributed by atoms with Gasteiger partial charge in [0.05, 0.1) is 13.2 Å². The summed E-state index contributed by atoms with van der Waals surface area (Å²) in [6, 6.07) is 7.39. The van der Waals surface area contributed by atoms with E-state index in [-0.39, 0.29) is 5.91 Å². The number of morpholine rings is 1. The molecule has 0 atom stereocenters. The van der Waals surface area contributed by atoms with Gasteiger partial charge in [-0.1, -0.05) is 22.0 Å². The first-order valence-electron chi connectivity index (χ1n) is 7.79. The van der Waals surface area contributed by atoms with Crippen LogP contribution in [0.2, 0.25) is 0 Å². The monoisotopic (exact) mass is 390 g/mol. The third kappa shape index (κ3) is 3.91. The Bertz CT molecular complexity index is 760. The number of hydrogen-bond acceptors (Lipinski definition) is 5. The van der Waals surface area contributed by atoms with E-state index in [1.54, 1.807) is 6.07 Å². The molecule has 126 valence electrons. The van der Waals surface area contributed by atoms with E-state index in [4.69, 9.17) is 4.74 Å². The minimum absolute atomic E-state index is 0.245. The Balaban J connectivity index is 1.81. The Kier molecular flexibility index (Phi) is 5.11. The van der Waals surface area contributed by atoms with Gasteiger partial charge in [0.15, 0.2) is 0 Å². The van der Waals surface area contributed by atoms with E-state index in [0.717, 1.165) is 34.5 Å². The summed E-state index contributed by atoms with van der Waals surface area (Å²) in [6.45, 7) is 6.63. The minimum Gasteiger partial charge on any atom is -0.378 e. The topological polar surface area (TPSA) is 67.4 Å². The molecule has 3 rings (SSSR count). The molecule has 1 aliphatic rings. The Labute approximate surface area is 149 Å². The van der Waals surface area contributed by atoms with Crippen LogP contribution >= 0.6 is 15.9 Å². The van der Waals surface area contributed by atoms with Gasteiger partial charge in [-0.3, -0.25) is 4.79 Å². The van der Waals surface area contributed by atoms with Crippen LogP contribution in [0.25, 0.3) is 0 Å². The SMILES string of the molecule is Cc1cc(C(=O)Nc2ccc(C)c(Br)c2)nc(N2CCOCC2)n1. The van der Waals surface area contributed by atoms with E-state index in [9.17, 15) is 4.79 Å². The standard InChI is InChI=1S/C17H19BrN4O2/c1-11-3-4-13(10-14(11)18)20-16(23)15-9-12(2)19-17(21-15)22-5-7-24-8-6-22/h3-4,9-10H,5-8H2,1-2H3,(H,20,23). The number of anilines is 2. The molecule has 0 unspecified atom stereocenters. The van der Waals surface area contributed by atoms with Gasteiger partial charge in [0.25, 0.3) is 5.91 Å². The number of amides is 1. The normalized spacial score (nSPS) is 14.5. The molecule has 0 aliphatic carbocycles. The Morgan fingerprint density at radius 1 is 1.21 bits per heavy atom. The van der Waals surface area contributed by atoms with E-state index >= 15 is 0 Å². The molecule has 1 amide bonds. The van der Waals surface area contributed by atoms with Gasteiger partial charge in [0.1, 0.15) is 5.69 Å². The zero-order valence-electron chi connectivity index (χ0n) is 13.7. The van der Waals surface area contributed by atoms with Crippen molar-refractivity contribution in [2.75, 3.05) is 36.5 Å². The first-order valence-corrected chi connectivity index (χ1v) is 8.58. The molecular weight excluding hydrogens is 372 g/mol. The predicted octanol–water partition coefficient (Wildman–Crippen LogP) is 2.94. The van der Waals surface area contributed by atoms with Crippen molar-refractivity contribution in [3.05, 3.63) is 45.7 Å². The number of aromatic nitrogens is 2. The Hall–Kier alpha value is -1.99. The van der Waals surface area contributed by atoms with Gasteiger partial charge in [-0.05, 0) is 37.6 Å². The largest absolute Gasteiger partial charge is 0.378 e. The number of carbonyl (C=O) groups excluding carboxylic acids is 1.